The highest BCUT2D eigenvalue weighted by Crippen LogP contribution is 2.64. The molecule has 3 fully saturated rings. The van der Waals surface area contributed by atoms with E-state index in [4.69, 9.17) is 4.74 Å². The van der Waals surface area contributed by atoms with Gasteiger partial charge in [0.1, 0.15) is 12.4 Å². The van der Waals surface area contributed by atoms with Gasteiger partial charge in [-0.1, -0.05) is 19.4 Å². The van der Waals surface area contributed by atoms with Crippen LogP contribution in [0.3, 0.4) is 0 Å². The maximum Gasteiger partial charge on any atom is 0.305 e. The summed E-state index contributed by atoms with van der Waals surface area (Å²) in [7, 11) is 0. The number of ether oxygens (including phenoxy) is 1. The number of Topliss-reactive ketones (excluding diaryl/α,β-unsaturated/α-hetero) is 1. The Hall–Kier alpha value is -1.45. The van der Waals surface area contributed by atoms with Crippen LogP contribution in [0.25, 0.3) is 0 Å². The lowest BCUT2D eigenvalue weighted by Crippen LogP contribution is -2.53. The SMILES string of the molecule is CCC(=O)OC[C@]12CCC(=O)C=C1CC[C@@H]1[C@H]2CC[C@]2(C)C(=O)CC[C@@H]12. The zero-order valence-corrected chi connectivity index (χ0v) is 16.0. The molecule has 0 amide bonds. The number of hydrogen-bond acceptors (Lipinski definition) is 4. The van der Waals surface area contributed by atoms with E-state index in [1.165, 1.54) is 5.57 Å². The molecule has 4 aliphatic rings. The van der Waals surface area contributed by atoms with E-state index in [0.29, 0.717) is 43.0 Å². The number of esters is 1. The van der Waals surface area contributed by atoms with Gasteiger partial charge in [-0.25, -0.2) is 0 Å². The lowest BCUT2D eigenvalue weighted by molar-refractivity contribution is -0.152. The number of hydrogen-bond donors (Lipinski definition) is 0. The van der Waals surface area contributed by atoms with Crippen LogP contribution in [0.4, 0.5) is 0 Å². The molecule has 3 saturated carbocycles. The zero-order valence-electron chi connectivity index (χ0n) is 16.0. The summed E-state index contributed by atoms with van der Waals surface area (Å²) in [5, 5.41) is 0. The molecule has 0 aromatic carbocycles. The summed E-state index contributed by atoms with van der Waals surface area (Å²) in [6.07, 6.45) is 9.27. The maximum absolute atomic E-state index is 12.5. The van der Waals surface area contributed by atoms with Gasteiger partial charge in [0.25, 0.3) is 0 Å². The number of carbonyl (C=O) groups is 3. The number of rotatable bonds is 3. The van der Waals surface area contributed by atoms with Gasteiger partial charge >= 0.3 is 5.97 Å². The van der Waals surface area contributed by atoms with Crippen molar-refractivity contribution in [3.05, 3.63) is 11.6 Å². The molecule has 5 atom stereocenters. The standard InChI is InChI=1S/C22H30O4/c1-3-20(25)26-13-22-11-8-15(23)12-14(22)4-5-16-17-6-7-19(24)21(17,2)10-9-18(16)22/h12,16-18H,3-11,13H2,1-2H3/t16-,17-,18+,21-,22+/m0/s1. The molecule has 26 heavy (non-hydrogen) atoms. The molecule has 0 N–H and O–H groups in total. The second-order valence-electron chi connectivity index (χ2n) is 9.14. The van der Waals surface area contributed by atoms with E-state index in [1.807, 2.05) is 13.0 Å². The topological polar surface area (TPSA) is 60.4 Å². The van der Waals surface area contributed by atoms with Gasteiger partial charge in [0, 0.05) is 30.1 Å². The molecule has 0 aromatic heterocycles. The molecule has 0 heterocycles. The summed E-state index contributed by atoms with van der Waals surface area (Å²) in [4.78, 5) is 36.5. The van der Waals surface area contributed by atoms with Crippen molar-refractivity contribution >= 4 is 17.5 Å². The highest BCUT2D eigenvalue weighted by atomic mass is 16.5. The number of carbonyl (C=O) groups excluding carboxylic acids is 3. The molecular weight excluding hydrogens is 328 g/mol. The van der Waals surface area contributed by atoms with Crippen molar-refractivity contribution < 1.29 is 19.1 Å². The van der Waals surface area contributed by atoms with Gasteiger partial charge in [0.2, 0.25) is 0 Å². The van der Waals surface area contributed by atoms with Crippen LogP contribution in [0.5, 0.6) is 0 Å². The Kier molecular flexibility index (Phi) is 4.36. The fraction of sp³-hybridized carbons (Fsp3) is 0.773. The van der Waals surface area contributed by atoms with Gasteiger partial charge in [-0.15, -0.1) is 0 Å². The normalized spacial score (nSPS) is 41.8. The molecule has 0 saturated heterocycles. The lowest BCUT2D eigenvalue weighted by atomic mass is 9.47. The van der Waals surface area contributed by atoms with Crippen LogP contribution in [0.1, 0.15) is 71.6 Å². The van der Waals surface area contributed by atoms with Crippen LogP contribution < -0.4 is 0 Å². The van der Waals surface area contributed by atoms with Gasteiger partial charge in [0.05, 0.1) is 0 Å². The Morgan fingerprint density at radius 2 is 1.92 bits per heavy atom. The van der Waals surface area contributed by atoms with Crippen molar-refractivity contribution in [3.8, 4) is 0 Å². The van der Waals surface area contributed by atoms with Gasteiger partial charge in [-0.3, -0.25) is 14.4 Å². The third kappa shape index (κ3) is 2.51. The molecule has 0 radical (unpaired) electrons. The Labute approximate surface area is 155 Å². The fourth-order valence-electron chi connectivity index (χ4n) is 6.71. The first-order chi connectivity index (χ1) is 12.4. The van der Waals surface area contributed by atoms with E-state index in [9.17, 15) is 14.4 Å². The minimum Gasteiger partial charge on any atom is -0.465 e. The molecule has 4 heteroatoms. The predicted octanol–water partition coefficient (Wildman–Crippen LogP) is 4.02. The Balaban J connectivity index is 1.68. The third-order valence-electron chi connectivity index (χ3n) is 8.17. The van der Waals surface area contributed by atoms with Gasteiger partial charge in [0.15, 0.2) is 5.78 Å². The molecule has 4 rings (SSSR count). The first-order valence-electron chi connectivity index (χ1n) is 10.3. The molecule has 4 aliphatic carbocycles. The van der Waals surface area contributed by atoms with Crippen molar-refractivity contribution in [2.24, 2.45) is 28.6 Å². The minimum atomic E-state index is -0.172. The monoisotopic (exact) mass is 358 g/mol. The summed E-state index contributed by atoms with van der Waals surface area (Å²) < 4.78 is 5.67. The first kappa shape index (κ1) is 17.9. The molecule has 4 nitrogen and oxygen atoms in total. The third-order valence-corrected chi connectivity index (χ3v) is 8.17. The molecular formula is C22H30O4. The Morgan fingerprint density at radius 3 is 2.69 bits per heavy atom. The maximum atomic E-state index is 12.5. The molecule has 142 valence electrons. The second-order valence-corrected chi connectivity index (χ2v) is 9.14. The van der Waals surface area contributed by atoms with E-state index in [0.717, 1.165) is 44.9 Å². The zero-order chi connectivity index (χ0) is 18.5. The fourth-order valence-corrected chi connectivity index (χ4v) is 6.71. The van der Waals surface area contributed by atoms with Crippen LogP contribution in [-0.4, -0.2) is 24.1 Å². The predicted molar refractivity (Wildman–Crippen MR) is 97.3 cm³/mol. The van der Waals surface area contributed by atoms with Gasteiger partial charge in [-0.2, -0.15) is 0 Å². The largest absolute Gasteiger partial charge is 0.465 e. The minimum absolute atomic E-state index is 0.145. The van der Waals surface area contributed by atoms with Crippen LogP contribution in [0.15, 0.2) is 11.6 Å². The summed E-state index contributed by atoms with van der Waals surface area (Å²) in [5.41, 5.74) is 0.898. The van der Waals surface area contributed by atoms with Crippen molar-refractivity contribution in [2.75, 3.05) is 6.61 Å². The Bertz CT molecular complexity index is 678. The lowest BCUT2D eigenvalue weighted by Gasteiger charge is -2.57. The summed E-state index contributed by atoms with van der Waals surface area (Å²) in [6.45, 7) is 4.42. The molecule has 0 unspecified atom stereocenters. The summed E-state index contributed by atoms with van der Waals surface area (Å²) in [5.74, 6) is 1.93. The van der Waals surface area contributed by atoms with Crippen molar-refractivity contribution in [3.63, 3.8) is 0 Å². The smallest absolute Gasteiger partial charge is 0.305 e. The van der Waals surface area contributed by atoms with E-state index in [-0.39, 0.29) is 22.6 Å². The molecule has 0 aliphatic heterocycles. The van der Waals surface area contributed by atoms with E-state index < -0.39 is 0 Å². The second kappa shape index (κ2) is 6.31. The van der Waals surface area contributed by atoms with Crippen molar-refractivity contribution in [1.29, 1.82) is 0 Å². The number of fused-ring (bicyclic) bond motifs is 5. The van der Waals surface area contributed by atoms with Crippen LogP contribution in [-0.2, 0) is 19.1 Å². The van der Waals surface area contributed by atoms with E-state index in [1.54, 1.807) is 0 Å². The van der Waals surface area contributed by atoms with Gasteiger partial charge < -0.3 is 4.74 Å². The first-order valence-corrected chi connectivity index (χ1v) is 10.3. The average Bonchev–Trinajstić information content (AvgIpc) is 2.94. The molecule has 0 bridgehead atoms. The summed E-state index contributed by atoms with van der Waals surface area (Å²) >= 11 is 0. The molecule has 0 spiro atoms. The van der Waals surface area contributed by atoms with Crippen LogP contribution in [0, 0.1) is 28.6 Å². The van der Waals surface area contributed by atoms with Gasteiger partial charge in [-0.05, 0) is 62.4 Å². The van der Waals surface area contributed by atoms with E-state index in [2.05, 4.69) is 6.92 Å². The molecule has 0 aromatic rings. The summed E-state index contributed by atoms with van der Waals surface area (Å²) in [6, 6.07) is 0. The highest BCUT2D eigenvalue weighted by molar-refractivity contribution is 5.92. The van der Waals surface area contributed by atoms with Crippen LogP contribution in [0.2, 0.25) is 0 Å². The van der Waals surface area contributed by atoms with Crippen molar-refractivity contribution in [1.82, 2.24) is 0 Å². The van der Waals surface area contributed by atoms with Crippen LogP contribution >= 0.6 is 0 Å². The highest BCUT2D eigenvalue weighted by Gasteiger charge is 2.60. The van der Waals surface area contributed by atoms with Crippen molar-refractivity contribution in [2.45, 2.75) is 71.6 Å². The van der Waals surface area contributed by atoms with E-state index >= 15 is 0 Å². The average molecular weight is 358 g/mol. The Morgan fingerprint density at radius 1 is 1.12 bits per heavy atom. The number of ketones is 2. The quantitative estimate of drug-likeness (QED) is 0.715.